The maximum absolute atomic E-state index is 13.3. The highest BCUT2D eigenvalue weighted by molar-refractivity contribution is 9.10. The molecule has 1 aromatic heterocycles. The van der Waals surface area contributed by atoms with Crippen LogP contribution >= 0.6 is 39.1 Å². The van der Waals surface area contributed by atoms with E-state index in [9.17, 15) is 9.59 Å². The Morgan fingerprint density at radius 3 is 2.45 bits per heavy atom. The number of nitrogens with one attached hydrogen (secondary N) is 1. The molecule has 0 saturated heterocycles. The minimum Gasteiger partial charge on any atom is -0.349 e. The zero-order valence-corrected chi connectivity index (χ0v) is 19.9. The van der Waals surface area contributed by atoms with Crippen molar-refractivity contribution in [3.05, 3.63) is 84.7 Å². The quantitative estimate of drug-likeness (QED) is 0.459. The summed E-state index contributed by atoms with van der Waals surface area (Å²) in [5, 5.41) is 4.09. The first-order valence-electron chi connectivity index (χ1n) is 10.3. The van der Waals surface area contributed by atoms with E-state index in [4.69, 9.17) is 23.2 Å². The smallest absolute Gasteiger partial charge is 0.284 e. The number of hydrogen-bond acceptors (Lipinski definition) is 2. The van der Waals surface area contributed by atoms with Crippen LogP contribution in [-0.4, -0.2) is 21.3 Å². The Kier molecular flexibility index (Phi) is 6.89. The van der Waals surface area contributed by atoms with Crippen LogP contribution in [0, 0.1) is 0 Å². The molecule has 0 unspecified atom stereocenters. The summed E-state index contributed by atoms with van der Waals surface area (Å²) in [4.78, 5) is 26.3. The molecule has 4 rings (SSSR count). The summed E-state index contributed by atoms with van der Waals surface area (Å²) in [6.07, 6.45) is 6.91. The van der Waals surface area contributed by atoms with Crippen molar-refractivity contribution in [2.75, 3.05) is 0 Å². The lowest BCUT2D eigenvalue weighted by Crippen LogP contribution is -2.38. The molecule has 1 amide bonds. The minimum atomic E-state index is -0.360. The van der Waals surface area contributed by atoms with Crippen molar-refractivity contribution < 1.29 is 4.79 Å². The minimum absolute atomic E-state index is 0.121. The van der Waals surface area contributed by atoms with E-state index >= 15 is 0 Å². The molecule has 1 fully saturated rings. The third kappa shape index (κ3) is 5.08. The van der Waals surface area contributed by atoms with Crippen molar-refractivity contribution in [2.24, 2.45) is 0 Å². The van der Waals surface area contributed by atoms with Crippen molar-refractivity contribution in [1.82, 2.24) is 14.7 Å². The number of halogens is 3. The molecule has 0 radical (unpaired) electrons. The van der Waals surface area contributed by atoms with Gasteiger partial charge in [0.2, 0.25) is 0 Å². The summed E-state index contributed by atoms with van der Waals surface area (Å²) in [6.45, 7) is 0.317. The second kappa shape index (κ2) is 9.63. The van der Waals surface area contributed by atoms with E-state index in [1.54, 1.807) is 23.0 Å². The molecule has 0 spiro atoms. The number of rotatable bonds is 5. The third-order valence-corrected chi connectivity index (χ3v) is 6.68. The van der Waals surface area contributed by atoms with E-state index in [1.165, 1.54) is 11.1 Å². The molecule has 162 valence electrons. The lowest BCUT2D eigenvalue weighted by atomic mass is 9.95. The Morgan fingerprint density at radius 1 is 1.06 bits per heavy atom. The third-order valence-electron chi connectivity index (χ3n) is 5.56. The molecular formula is C23H22BrCl2N3O2. The average molecular weight is 523 g/mol. The fourth-order valence-corrected chi connectivity index (χ4v) is 4.68. The van der Waals surface area contributed by atoms with E-state index in [1.807, 2.05) is 30.3 Å². The van der Waals surface area contributed by atoms with Gasteiger partial charge in [-0.2, -0.15) is 0 Å². The fraction of sp³-hybridized carbons (Fsp3) is 0.304. The van der Waals surface area contributed by atoms with Gasteiger partial charge in [-0.15, -0.1) is 0 Å². The molecule has 3 aromatic rings. The molecule has 0 bridgehead atoms. The number of carbonyl (C=O) groups is 1. The summed E-state index contributed by atoms with van der Waals surface area (Å²) >= 11 is 15.8. The summed E-state index contributed by atoms with van der Waals surface area (Å²) < 4.78 is 4.13. The van der Waals surface area contributed by atoms with Crippen molar-refractivity contribution >= 4 is 45.0 Å². The van der Waals surface area contributed by atoms with Crippen LogP contribution in [0.2, 0.25) is 10.0 Å². The SMILES string of the molecule is O=C(NC1CCCCC1)c1cn(Cc2ccc(Cl)cc2Cl)n(-c2ccc(Br)cc2)c1=O. The van der Waals surface area contributed by atoms with Gasteiger partial charge in [-0.1, -0.05) is 64.5 Å². The number of nitrogens with zero attached hydrogens (tertiary/aromatic N) is 2. The first-order valence-corrected chi connectivity index (χ1v) is 11.8. The van der Waals surface area contributed by atoms with Gasteiger partial charge in [-0.25, -0.2) is 4.68 Å². The summed E-state index contributed by atoms with van der Waals surface area (Å²) in [6, 6.07) is 12.7. The van der Waals surface area contributed by atoms with E-state index in [2.05, 4.69) is 21.2 Å². The van der Waals surface area contributed by atoms with E-state index in [0.29, 0.717) is 22.3 Å². The Hall–Kier alpha value is -2.02. The molecule has 2 aromatic carbocycles. The molecule has 0 aliphatic heterocycles. The maximum atomic E-state index is 13.3. The molecule has 1 saturated carbocycles. The van der Waals surface area contributed by atoms with Gasteiger partial charge in [0.25, 0.3) is 11.5 Å². The second-order valence-corrected chi connectivity index (χ2v) is 9.54. The van der Waals surface area contributed by atoms with Crippen LogP contribution in [0.3, 0.4) is 0 Å². The Balaban J connectivity index is 1.73. The highest BCUT2D eigenvalue weighted by Gasteiger charge is 2.23. The van der Waals surface area contributed by atoms with Crippen LogP contribution in [0.5, 0.6) is 0 Å². The van der Waals surface area contributed by atoms with Crippen molar-refractivity contribution in [3.63, 3.8) is 0 Å². The topological polar surface area (TPSA) is 56.0 Å². The molecule has 5 nitrogen and oxygen atoms in total. The predicted octanol–water partition coefficient (Wildman–Crippen LogP) is 5.82. The molecule has 1 heterocycles. The van der Waals surface area contributed by atoms with Gasteiger partial charge in [-0.3, -0.25) is 14.3 Å². The number of aromatic nitrogens is 2. The zero-order chi connectivity index (χ0) is 22.0. The van der Waals surface area contributed by atoms with E-state index in [0.717, 1.165) is 35.7 Å². The lowest BCUT2D eigenvalue weighted by Gasteiger charge is -2.22. The van der Waals surface area contributed by atoms with Crippen molar-refractivity contribution in [2.45, 2.75) is 44.7 Å². The zero-order valence-electron chi connectivity index (χ0n) is 16.8. The average Bonchev–Trinajstić information content (AvgIpc) is 3.07. The van der Waals surface area contributed by atoms with Crippen LogP contribution in [0.25, 0.3) is 5.69 Å². The fourth-order valence-electron chi connectivity index (χ4n) is 3.95. The molecular weight excluding hydrogens is 501 g/mol. The number of benzene rings is 2. The molecule has 31 heavy (non-hydrogen) atoms. The van der Waals surface area contributed by atoms with Gasteiger partial charge in [-0.05, 0) is 54.8 Å². The maximum Gasteiger partial charge on any atom is 0.284 e. The molecule has 1 aliphatic rings. The molecule has 1 N–H and O–H groups in total. The van der Waals surface area contributed by atoms with Crippen molar-refractivity contribution in [1.29, 1.82) is 0 Å². The summed E-state index contributed by atoms with van der Waals surface area (Å²) in [5.41, 5.74) is 1.22. The summed E-state index contributed by atoms with van der Waals surface area (Å²) in [5.74, 6) is -0.330. The van der Waals surface area contributed by atoms with E-state index in [-0.39, 0.29) is 23.1 Å². The number of carbonyl (C=O) groups excluding carboxylic acids is 1. The van der Waals surface area contributed by atoms with Crippen LogP contribution in [-0.2, 0) is 6.54 Å². The largest absolute Gasteiger partial charge is 0.349 e. The summed E-state index contributed by atoms with van der Waals surface area (Å²) in [7, 11) is 0. The van der Waals surface area contributed by atoms with Crippen LogP contribution in [0.15, 0.2) is 57.9 Å². The van der Waals surface area contributed by atoms with Gasteiger partial charge < -0.3 is 5.32 Å². The van der Waals surface area contributed by atoms with Gasteiger partial charge in [0, 0.05) is 26.8 Å². The van der Waals surface area contributed by atoms with Crippen LogP contribution in [0.1, 0.15) is 48.0 Å². The van der Waals surface area contributed by atoms with Gasteiger partial charge in [0.15, 0.2) is 0 Å². The molecule has 1 aliphatic carbocycles. The second-order valence-electron chi connectivity index (χ2n) is 7.78. The standard InChI is InChI=1S/C23H22BrCl2N3O2/c24-16-7-10-19(11-8-16)29-23(31)20(22(30)27-18-4-2-1-3-5-18)14-28(29)13-15-6-9-17(25)12-21(15)26/h6-12,14,18H,1-5,13H2,(H,27,30). The molecule has 8 heteroatoms. The predicted molar refractivity (Wildman–Crippen MR) is 128 cm³/mol. The first-order chi connectivity index (χ1) is 14.9. The first kappa shape index (κ1) is 22.2. The Bertz CT molecular complexity index is 1150. The van der Waals surface area contributed by atoms with E-state index < -0.39 is 0 Å². The number of amides is 1. The van der Waals surface area contributed by atoms with Gasteiger partial charge in [0.1, 0.15) is 5.56 Å². The van der Waals surface area contributed by atoms with Gasteiger partial charge >= 0.3 is 0 Å². The Morgan fingerprint density at radius 2 is 1.77 bits per heavy atom. The normalized spacial score (nSPS) is 14.5. The monoisotopic (exact) mass is 521 g/mol. The highest BCUT2D eigenvalue weighted by atomic mass is 79.9. The van der Waals surface area contributed by atoms with Crippen LogP contribution in [0.4, 0.5) is 0 Å². The van der Waals surface area contributed by atoms with Crippen molar-refractivity contribution in [3.8, 4) is 5.69 Å². The lowest BCUT2D eigenvalue weighted by molar-refractivity contribution is 0.0926. The van der Waals surface area contributed by atoms with Gasteiger partial charge in [0.05, 0.1) is 12.2 Å². The highest BCUT2D eigenvalue weighted by Crippen LogP contribution is 2.23. The van der Waals surface area contributed by atoms with Crippen LogP contribution < -0.4 is 10.9 Å². The Labute approximate surface area is 199 Å². The molecule has 0 atom stereocenters. The number of hydrogen-bond donors (Lipinski definition) is 1.